The van der Waals surface area contributed by atoms with Crippen molar-refractivity contribution < 1.29 is 24.8 Å². The molecule has 1 saturated heterocycles. The molecule has 0 amide bonds. The Morgan fingerprint density at radius 3 is 2.65 bits per heavy atom. The van der Waals surface area contributed by atoms with Crippen LogP contribution >= 0.6 is 0 Å². The molecule has 1 fully saturated rings. The zero-order valence-corrected chi connectivity index (χ0v) is 12.3. The van der Waals surface area contributed by atoms with E-state index in [9.17, 15) is 10.2 Å². The number of hydrogen-bond acceptors (Lipinski definition) is 5. The molecule has 0 bridgehead atoms. The molecule has 5 heteroatoms. The molecule has 0 unspecified atom stereocenters. The summed E-state index contributed by atoms with van der Waals surface area (Å²) in [5.41, 5.74) is 0. The number of rotatable bonds is 10. The van der Waals surface area contributed by atoms with Gasteiger partial charge in [-0.15, -0.1) is 0 Å². The van der Waals surface area contributed by atoms with Gasteiger partial charge in [0.05, 0.1) is 13.2 Å². The van der Waals surface area contributed by atoms with Crippen LogP contribution in [0, 0.1) is 0 Å². The first-order valence-corrected chi connectivity index (χ1v) is 7.55. The van der Waals surface area contributed by atoms with Gasteiger partial charge in [0.1, 0.15) is 24.4 Å². The second-order valence-corrected chi connectivity index (χ2v) is 5.21. The Morgan fingerprint density at radius 2 is 2.00 bits per heavy atom. The molecule has 0 aromatic rings. The maximum atomic E-state index is 9.75. The van der Waals surface area contributed by atoms with Crippen LogP contribution in [0.5, 0.6) is 0 Å². The van der Waals surface area contributed by atoms with Gasteiger partial charge in [-0.3, -0.25) is 0 Å². The lowest BCUT2D eigenvalue weighted by Gasteiger charge is -2.23. The molecule has 0 aromatic heterocycles. The average Bonchev–Trinajstić information content (AvgIpc) is 2.82. The molecule has 1 rings (SSSR count). The van der Waals surface area contributed by atoms with Crippen molar-refractivity contribution in [1.82, 2.24) is 0 Å². The molecular weight excluding hydrogens is 260 g/mol. The van der Waals surface area contributed by atoms with Crippen LogP contribution in [-0.4, -0.2) is 59.6 Å². The van der Waals surface area contributed by atoms with Gasteiger partial charge < -0.3 is 24.8 Å². The molecule has 0 spiro atoms. The Bertz CT molecular complexity index is 269. The first-order valence-electron chi connectivity index (χ1n) is 7.55. The van der Waals surface area contributed by atoms with E-state index in [2.05, 4.69) is 19.1 Å². The van der Waals surface area contributed by atoms with E-state index in [1.165, 1.54) is 12.8 Å². The molecule has 5 nitrogen and oxygen atoms in total. The van der Waals surface area contributed by atoms with Crippen molar-refractivity contribution in [2.75, 3.05) is 19.8 Å². The van der Waals surface area contributed by atoms with Gasteiger partial charge in [0.15, 0.2) is 0 Å². The summed E-state index contributed by atoms with van der Waals surface area (Å²) in [4.78, 5) is 0. The minimum absolute atomic E-state index is 0.142. The number of hydrogen-bond donors (Lipinski definition) is 3. The summed E-state index contributed by atoms with van der Waals surface area (Å²) in [5, 5.41) is 28.3. The fourth-order valence-corrected chi connectivity index (χ4v) is 2.24. The summed E-state index contributed by atoms with van der Waals surface area (Å²) in [6.45, 7) is 2.44. The summed E-state index contributed by atoms with van der Waals surface area (Å²) in [5.74, 6) is 0. The number of ether oxygens (including phenoxy) is 2. The topological polar surface area (TPSA) is 79.2 Å². The molecule has 1 aliphatic heterocycles. The maximum Gasteiger partial charge on any atom is 0.114 e. The van der Waals surface area contributed by atoms with Crippen LogP contribution in [-0.2, 0) is 9.47 Å². The molecular formula is C15H28O5. The average molecular weight is 288 g/mol. The molecule has 4 atom stereocenters. The Morgan fingerprint density at radius 1 is 1.30 bits per heavy atom. The van der Waals surface area contributed by atoms with E-state index >= 15 is 0 Å². The van der Waals surface area contributed by atoms with E-state index in [1.807, 2.05) is 0 Å². The van der Waals surface area contributed by atoms with Crippen LogP contribution in [0.25, 0.3) is 0 Å². The Kier molecular flexibility index (Phi) is 9.05. The summed E-state index contributed by atoms with van der Waals surface area (Å²) in [6, 6.07) is 0. The molecule has 0 aliphatic carbocycles. The number of allylic oxidation sites excluding steroid dienone is 2. The predicted octanol–water partition coefficient (Wildman–Crippen LogP) is 1.01. The molecule has 3 N–H and O–H groups in total. The van der Waals surface area contributed by atoms with Crippen molar-refractivity contribution in [2.45, 2.75) is 63.4 Å². The van der Waals surface area contributed by atoms with Gasteiger partial charge in [0.2, 0.25) is 0 Å². The van der Waals surface area contributed by atoms with E-state index in [1.54, 1.807) is 0 Å². The quantitative estimate of drug-likeness (QED) is 0.413. The van der Waals surface area contributed by atoms with Crippen LogP contribution in [0.2, 0.25) is 0 Å². The fraction of sp³-hybridized carbons (Fsp3) is 0.867. The lowest BCUT2D eigenvalue weighted by atomic mass is 10.1. The van der Waals surface area contributed by atoms with Gasteiger partial charge in [-0.1, -0.05) is 31.9 Å². The van der Waals surface area contributed by atoms with Crippen molar-refractivity contribution in [3.63, 3.8) is 0 Å². The second kappa shape index (κ2) is 10.3. The predicted molar refractivity (Wildman–Crippen MR) is 76.5 cm³/mol. The molecule has 1 heterocycles. The van der Waals surface area contributed by atoms with Crippen molar-refractivity contribution in [3.8, 4) is 0 Å². The third-order valence-corrected chi connectivity index (χ3v) is 3.45. The van der Waals surface area contributed by atoms with E-state index in [4.69, 9.17) is 14.6 Å². The van der Waals surface area contributed by atoms with Crippen LogP contribution in [0.15, 0.2) is 12.2 Å². The summed E-state index contributed by atoms with van der Waals surface area (Å²) >= 11 is 0. The third-order valence-electron chi connectivity index (χ3n) is 3.45. The van der Waals surface area contributed by atoms with Crippen LogP contribution in [0.3, 0.4) is 0 Å². The normalized spacial score (nSPS) is 28.3. The SMILES string of the molecule is CCCC/C=C/CCCO[C@@H]1[C@H]([C@@H](O)CO)OC[C@H]1O. The summed E-state index contributed by atoms with van der Waals surface area (Å²) in [7, 11) is 0. The van der Waals surface area contributed by atoms with Crippen molar-refractivity contribution >= 4 is 0 Å². The zero-order chi connectivity index (χ0) is 14.8. The minimum Gasteiger partial charge on any atom is -0.394 e. The van der Waals surface area contributed by atoms with Crippen molar-refractivity contribution in [1.29, 1.82) is 0 Å². The van der Waals surface area contributed by atoms with Crippen LogP contribution < -0.4 is 0 Å². The molecule has 1 aliphatic rings. The molecule has 0 aromatic carbocycles. The first kappa shape index (κ1) is 17.6. The lowest BCUT2D eigenvalue weighted by Crippen LogP contribution is -2.42. The van der Waals surface area contributed by atoms with E-state index in [-0.39, 0.29) is 6.61 Å². The maximum absolute atomic E-state index is 9.75. The van der Waals surface area contributed by atoms with Crippen LogP contribution in [0.4, 0.5) is 0 Å². The fourth-order valence-electron chi connectivity index (χ4n) is 2.24. The highest BCUT2D eigenvalue weighted by Crippen LogP contribution is 2.21. The van der Waals surface area contributed by atoms with Gasteiger partial charge >= 0.3 is 0 Å². The summed E-state index contributed by atoms with van der Waals surface area (Å²) < 4.78 is 10.9. The van der Waals surface area contributed by atoms with Crippen molar-refractivity contribution in [3.05, 3.63) is 12.2 Å². The third kappa shape index (κ3) is 5.89. The molecule has 0 saturated carbocycles. The first-order chi connectivity index (χ1) is 9.70. The largest absolute Gasteiger partial charge is 0.394 e. The molecule has 0 radical (unpaired) electrons. The minimum atomic E-state index is -1.01. The highest BCUT2D eigenvalue weighted by atomic mass is 16.6. The van der Waals surface area contributed by atoms with E-state index in [0.29, 0.717) is 6.61 Å². The van der Waals surface area contributed by atoms with Gasteiger partial charge in [-0.05, 0) is 19.3 Å². The highest BCUT2D eigenvalue weighted by molar-refractivity contribution is 4.89. The molecule has 118 valence electrons. The molecule has 20 heavy (non-hydrogen) atoms. The van der Waals surface area contributed by atoms with E-state index in [0.717, 1.165) is 19.3 Å². The summed E-state index contributed by atoms with van der Waals surface area (Å²) in [6.07, 6.45) is 6.77. The van der Waals surface area contributed by atoms with Gasteiger partial charge in [-0.25, -0.2) is 0 Å². The van der Waals surface area contributed by atoms with Crippen molar-refractivity contribution in [2.24, 2.45) is 0 Å². The highest BCUT2D eigenvalue weighted by Gasteiger charge is 2.40. The van der Waals surface area contributed by atoms with Gasteiger partial charge in [-0.2, -0.15) is 0 Å². The van der Waals surface area contributed by atoms with E-state index < -0.39 is 31.0 Å². The number of unbranched alkanes of at least 4 members (excludes halogenated alkanes) is 3. The Balaban J connectivity index is 2.17. The lowest BCUT2D eigenvalue weighted by molar-refractivity contribution is -0.0935. The zero-order valence-electron chi connectivity index (χ0n) is 12.3. The Labute approximate surface area is 121 Å². The monoisotopic (exact) mass is 288 g/mol. The Hall–Kier alpha value is -0.460. The van der Waals surface area contributed by atoms with Crippen LogP contribution in [0.1, 0.15) is 39.0 Å². The number of aliphatic hydroxyl groups excluding tert-OH is 3. The van der Waals surface area contributed by atoms with Gasteiger partial charge in [0.25, 0.3) is 0 Å². The van der Waals surface area contributed by atoms with Gasteiger partial charge in [0, 0.05) is 6.61 Å². The number of aliphatic hydroxyl groups is 3. The smallest absolute Gasteiger partial charge is 0.114 e. The standard InChI is InChI=1S/C15H28O5/c1-2-3-4-5-6-7-8-9-19-15-13(18)11-20-14(15)12(17)10-16/h5-6,12-18H,2-4,7-11H2,1H3/b6-5+/t12-,13+,14-,15-/m0/s1. The second-order valence-electron chi connectivity index (χ2n) is 5.21.